The third kappa shape index (κ3) is 8.20. The number of aliphatic hydroxyl groups is 3. The second kappa shape index (κ2) is 16.8. The third-order valence-electron chi connectivity index (χ3n) is 15.1. The van der Waals surface area contributed by atoms with Gasteiger partial charge in [0.25, 0.3) is 0 Å². The summed E-state index contributed by atoms with van der Waals surface area (Å²) < 4.78 is 51.4. The van der Waals surface area contributed by atoms with Crippen molar-refractivity contribution in [2.75, 3.05) is 14.2 Å². The lowest BCUT2D eigenvalue weighted by Gasteiger charge is -2.47. The number of carbonyl (C=O) groups is 2. The predicted octanol–water partition coefficient (Wildman–Crippen LogP) is 5.07. The molecule has 60 heavy (non-hydrogen) atoms. The SMILES string of the molecule is CC[C@H](O)[C@]1(C)C[C@H](C)[C@@H]([C@H]2C[C@H](C)[C@H]([C@@]3(C)OC(C4(C)OC5(CC(O)C(C)C(CC(OC(=O)c6c(C)cc(OC)cc6O)C(C)(O)C(=O)O)O5)CC4C)C[C@@H]3OC)O2)O1. The Hall–Kier alpha value is -2.60. The first kappa shape index (κ1) is 46.9. The van der Waals surface area contributed by atoms with Gasteiger partial charge in [-0.25, -0.2) is 9.59 Å². The molecule has 5 fully saturated rings. The molecule has 15 nitrogen and oxygen atoms in total. The fraction of sp³-hybridized carbons (Fsp3) is 0.822. The van der Waals surface area contributed by atoms with Crippen molar-refractivity contribution in [3.63, 3.8) is 0 Å². The Morgan fingerprint density at radius 3 is 2.27 bits per heavy atom. The van der Waals surface area contributed by atoms with Crippen LogP contribution in [0.15, 0.2) is 12.1 Å². The van der Waals surface area contributed by atoms with Crippen LogP contribution < -0.4 is 4.74 Å². The molecule has 0 radical (unpaired) electrons. The van der Waals surface area contributed by atoms with Crippen LogP contribution in [0.3, 0.4) is 0 Å². The van der Waals surface area contributed by atoms with Gasteiger partial charge in [0, 0.05) is 44.8 Å². The van der Waals surface area contributed by atoms with E-state index in [0.717, 1.165) is 19.8 Å². The van der Waals surface area contributed by atoms with Crippen LogP contribution in [-0.2, 0) is 38.0 Å². The van der Waals surface area contributed by atoms with E-state index in [4.69, 9.17) is 37.9 Å². The van der Waals surface area contributed by atoms with Crippen molar-refractivity contribution in [2.45, 2.75) is 197 Å². The molecule has 5 heterocycles. The van der Waals surface area contributed by atoms with Crippen molar-refractivity contribution in [2.24, 2.45) is 23.7 Å². The van der Waals surface area contributed by atoms with Gasteiger partial charge in [-0.2, -0.15) is 0 Å². The number of benzene rings is 1. The molecule has 1 aromatic carbocycles. The maximum atomic E-state index is 13.6. The predicted molar refractivity (Wildman–Crippen MR) is 217 cm³/mol. The van der Waals surface area contributed by atoms with Crippen molar-refractivity contribution in [1.82, 2.24) is 0 Å². The highest BCUT2D eigenvalue weighted by Gasteiger charge is 2.66. The number of aliphatic carboxylic acids is 1. The average molecular weight is 851 g/mol. The number of phenols is 1. The lowest BCUT2D eigenvalue weighted by atomic mass is 9.79. The zero-order valence-electron chi connectivity index (χ0n) is 37.4. The number of phenolic OH excluding ortho intramolecular Hbond substituents is 1. The number of carboxylic acid groups (broad SMARTS) is 1. The number of aryl methyl sites for hydroxylation is 1. The van der Waals surface area contributed by atoms with E-state index in [1.165, 1.54) is 19.2 Å². The van der Waals surface area contributed by atoms with Gasteiger partial charge in [0.2, 0.25) is 0 Å². The topological polar surface area (TPSA) is 209 Å². The number of hydrogen-bond donors (Lipinski definition) is 5. The zero-order chi connectivity index (χ0) is 44.5. The molecule has 5 saturated heterocycles. The van der Waals surface area contributed by atoms with Crippen molar-refractivity contribution in [1.29, 1.82) is 0 Å². The standard InChI is InChI=1S/C45H70O15/c1-13-32(48)41(7)19-24(4)37(59-41)31-15-23(3)38(55-31)44(10)34(54-12)18-35(58-44)43(9)25(5)20-45(60-43)21-29(47)26(6)30(57-45)17-33(42(8,52)40(50)51)56-39(49)36-22(2)14-27(53-11)16-28(36)46/h14,16,23-26,29-35,37-38,46-48,52H,13,15,17-21H2,1-12H3,(H,50,51)/t23-,24-,25?,26?,29?,30?,31+,32-,33?,34-,35?,37-,38+,41-,42?,43?,44-,45?/m0/s1. The molecule has 15 heteroatoms. The van der Waals surface area contributed by atoms with Gasteiger partial charge in [-0.05, 0) is 83.3 Å². The summed E-state index contributed by atoms with van der Waals surface area (Å²) in [5.41, 5.74) is -4.88. The maximum absolute atomic E-state index is 13.6. The molecule has 340 valence electrons. The van der Waals surface area contributed by atoms with Crippen LogP contribution in [0.25, 0.3) is 0 Å². The minimum Gasteiger partial charge on any atom is -0.507 e. The van der Waals surface area contributed by atoms with Crippen LogP contribution in [-0.4, -0.2) is 135 Å². The average Bonchev–Trinajstić information content (AvgIpc) is 3.89. The Bertz CT molecular complexity index is 1710. The molecular formula is C45H70O15. The quantitative estimate of drug-likeness (QED) is 0.164. The van der Waals surface area contributed by atoms with E-state index >= 15 is 0 Å². The first-order valence-electron chi connectivity index (χ1n) is 21.7. The summed E-state index contributed by atoms with van der Waals surface area (Å²) in [7, 11) is 3.09. The van der Waals surface area contributed by atoms with Gasteiger partial charge in [0.1, 0.15) is 28.8 Å². The van der Waals surface area contributed by atoms with Gasteiger partial charge < -0.3 is 63.4 Å². The second-order valence-corrected chi connectivity index (χ2v) is 19.6. The summed E-state index contributed by atoms with van der Waals surface area (Å²) in [5, 5.41) is 54.4. The summed E-state index contributed by atoms with van der Waals surface area (Å²) in [6.07, 6.45) is -2.82. The molecule has 1 spiro atoms. The van der Waals surface area contributed by atoms with E-state index in [1.807, 2.05) is 34.6 Å². The van der Waals surface area contributed by atoms with Crippen LogP contribution >= 0.6 is 0 Å². The molecule has 0 amide bonds. The summed E-state index contributed by atoms with van der Waals surface area (Å²) in [6, 6.07) is 2.76. The molecule has 5 aliphatic rings. The largest absolute Gasteiger partial charge is 0.507 e. The number of esters is 1. The molecule has 6 rings (SSSR count). The van der Waals surface area contributed by atoms with E-state index in [2.05, 4.69) is 13.8 Å². The first-order chi connectivity index (χ1) is 27.9. The monoisotopic (exact) mass is 850 g/mol. The van der Waals surface area contributed by atoms with Gasteiger partial charge in [0.15, 0.2) is 11.4 Å². The van der Waals surface area contributed by atoms with E-state index in [0.29, 0.717) is 30.6 Å². The molecular weight excluding hydrogens is 780 g/mol. The second-order valence-electron chi connectivity index (χ2n) is 19.6. The Morgan fingerprint density at radius 2 is 1.67 bits per heavy atom. The fourth-order valence-electron chi connectivity index (χ4n) is 11.2. The maximum Gasteiger partial charge on any atom is 0.342 e. The minimum atomic E-state index is -2.57. The van der Waals surface area contributed by atoms with Crippen molar-refractivity contribution >= 4 is 11.9 Å². The van der Waals surface area contributed by atoms with Crippen molar-refractivity contribution in [3.05, 3.63) is 23.3 Å². The number of aliphatic hydroxyl groups excluding tert-OH is 2. The van der Waals surface area contributed by atoms with E-state index < -0.39 is 82.3 Å². The van der Waals surface area contributed by atoms with E-state index in [-0.39, 0.29) is 60.6 Å². The van der Waals surface area contributed by atoms with Gasteiger partial charge in [0.05, 0.1) is 67.1 Å². The number of hydrogen-bond acceptors (Lipinski definition) is 14. The number of ether oxygens (including phenoxy) is 8. The number of aromatic hydroxyl groups is 1. The summed E-state index contributed by atoms with van der Waals surface area (Å²) in [4.78, 5) is 26.0. The number of rotatable bonds is 13. The zero-order valence-corrected chi connectivity index (χ0v) is 37.4. The summed E-state index contributed by atoms with van der Waals surface area (Å²) in [5.74, 6) is -4.54. The van der Waals surface area contributed by atoms with E-state index in [1.54, 1.807) is 21.0 Å². The Labute approximate surface area is 354 Å². The van der Waals surface area contributed by atoms with Crippen molar-refractivity contribution in [3.8, 4) is 11.5 Å². The number of carbonyl (C=O) groups excluding carboxylic acids is 1. The molecule has 18 atom stereocenters. The lowest BCUT2D eigenvalue weighted by molar-refractivity contribution is -0.329. The molecule has 0 aromatic heterocycles. The van der Waals surface area contributed by atoms with Gasteiger partial charge in [-0.15, -0.1) is 0 Å². The summed E-state index contributed by atoms with van der Waals surface area (Å²) >= 11 is 0. The first-order valence-corrected chi connectivity index (χ1v) is 21.7. The fourth-order valence-corrected chi connectivity index (χ4v) is 11.2. The van der Waals surface area contributed by atoms with Crippen molar-refractivity contribution < 1.29 is 73.0 Å². The molecule has 0 bridgehead atoms. The van der Waals surface area contributed by atoms with Gasteiger partial charge >= 0.3 is 11.9 Å². The third-order valence-corrected chi connectivity index (χ3v) is 15.1. The molecule has 5 aliphatic heterocycles. The van der Waals surface area contributed by atoms with E-state index in [9.17, 15) is 35.1 Å². The Kier molecular flexibility index (Phi) is 13.2. The lowest BCUT2D eigenvalue weighted by Crippen LogP contribution is -2.57. The highest BCUT2D eigenvalue weighted by atomic mass is 16.7. The van der Waals surface area contributed by atoms with Gasteiger partial charge in [-0.1, -0.05) is 34.6 Å². The van der Waals surface area contributed by atoms with Crippen LogP contribution in [0.2, 0.25) is 0 Å². The molecule has 1 aromatic rings. The molecule has 5 N–H and O–H groups in total. The van der Waals surface area contributed by atoms with Gasteiger partial charge in [-0.3, -0.25) is 0 Å². The smallest absolute Gasteiger partial charge is 0.342 e. The molecule has 0 aliphatic carbocycles. The Morgan fingerprint density at radius 1 is 0.983 bits per heavy atom. The Balaban J connectivity index is 1.20. The van der Waals surface area contributed by atoms with Crippen LogP contribution in [0.1, 0.15) is 123 Å². The number of carboxylic acids is 1. The summed E-state index contributed by atoms with van der Waals surface area (Å²) in [6.45, 7) is 18.7. The molecule has 9 unspecified atom stereocenters. The minimum absolute atomic E-state index is 0.109. The van der Waals surface area contributed by atoms with Crippen LogP contribution in [0.4, 0.5) is 0 Å². The van der Waals surface area contributed by atoms with Crippen LogP contribution in [0.5, 0.6) is 11.5 Å². The highest BCUT2D eigenvalue weighted by Crippen LogP contribution is 2.56. The van der Waals surface area contributed by atoms with Crippen LogP contribution in [0, 0.1) is 30.6 Å². The number of methoxy groups -OCH3 is 2. The highest BCUT2D eigenvalue weighted by molar-refractivity contribution is 5.94. The molecule has 0 saturated carbocycles. The normalized spacial score (nSPS) is 43.8.